The van der Waals surface area contributed by atoms with E-state index in [2.05, 4.69) is 28.1 Å². The number of aromatic nitrogens is 2. The summed E-state index contributed by atoms with van der Waals surface area (Å²) in [4.78, 5) is 12.4. The molecule has 0 saturated carbocycles. The van der Waals surface area contributed by atoms with Crippen LogP contribution in [0.4, 0.5) is 0 Å². The molecule has 0 fully saturated rings. The maximum atomic E-state index is 5.89. The van der Waals surface area contributed by atoms with Crippen molar-refractivity contribution >= 4 is 15.3 Å². The first kappa shape index (κ1) is 13.4. The SMILES string of the molecule is C[SiH](C)Oc1ccccc1CN=Cc1ccncn1. The Kier molecular flexibility index (Phi) is 4.80. The molecule has 19 heavy (non-hydrogen) atoms. The maximum Gasteiger partial charge on any atom is 0.229 e. The standard InChI is InChI=1S/C14H17N3OSi/c1-19(2)18-14-6-4-3-5-12(14)9-16-10-13-7-8-15-11-17-13/h3-8,10-11,19H,9H2,1-2H3. The molecule has 0 bridgehead atoms. The van der Waals surface area contributed by atoms with Crippen LogP contribution in [0.3, 0.4) is 0 Å². The third-order valence-electron chi connectivity index (χ3n) is 2.43. The van der Waals surface area contributed by atoms with E-state index in [4.69, 9.17) is 4.43 Å². The topological polar surface area (TPSA) is 47.4 Å². The Morgan fingerprint density at radius 2 is 2.11 bits per heavy atom. The minimum absolute atomic E-state index is 0.599. The lowest BCUT2D eigenvalue weighted by molar-refractivity contribution is 0.572. The van der Waals surface area contributed by atoms with E-state index >= 15 is 0 Å². The van der Waals surface area contributed by atoms with Crippen molar-refractivity contribution in [2.45, 2.75) is 19.6 Å². The van der Waals surface area contributed by atoms with Gasteiger partial charge in [0, 0.05) is 18.0 Å². The molecule has 98 valence electrons. The Balaban J connectivity index is 2.05. The molecular formula is C14H17N3OSi. The van der Waals surface area contributed by atoms with Gasteiger partial charge in [0.2, 0.25) is 9.04 Å². The van der Waals surface area contributed by atoms with Crippen LogP contribution in [-0.4, -0.2) is 25.2 Å². The molecule has 0 atom stereocenters. The van der Waals surface area contributed by atoms with E-state index in [-0.39, 0.29) is 0 Å². The fraction of sp³-hybridized carbons (Fsp3) is 0.214. The second-order valence-corrected chi connectivity index (χ2v) is 6.71. The van der Waals surface area contributed by atoms with Gasteiger partial charge in [0.15, 0.2) is 0 Å². The first-order valence-corrected chi connectivity index (χ1v) is 9.04. The van der Waals surface area contributed by atoms with Crippen LogP contribution in [0.15, 0.2) is 47.8 Å². The highest BCUT2D eigenvalue weighted by Gasteiger charge is 2.04. The molecule has 0 radical (unpaired) electrons. The summed E-state index contributed by atoms with van der Waals surface area (Å²) in [7, 11) is -1.09. The highest BCUT2D eigenvalue weighted by Crippen LogP contribution is 2.19. The van der Waals surface area contributed by atoms with Gasteiger partial charge in [-0.05, 0) is 25.2 Å². The van der Waals surface area contributed by atoms with Gasteiger partial charge in [-0.3, -0.25) is 4.99 Å². The predicted molar refractivity (Wildman–Crippen MR) is 79.3 cm³/mol. The lowest BCUT2D eigenvalue weighted by Crippen LogP contribution is -2.12. The normalized spacial score (nSPS) is 11.1. The molecule has 1 aromatic carbocycles. The van der Waals surface area contributed by atoms with Gasteiger partial charge in [-0.25, -0.2) is 9.97 Å². The molecule has 1 aromatic heterocycles. The zero-order valence-electron chi connectivity index (χ0n) is 11.2. The summed E-state index contributed by atoms with van der Waals surface area (Å²) in [5.74, 6) is 0.948. The number of aliphatic imine (C=N–C) groups is 1. The van der Waals surface area contributed by atoms with Crippen molar-refractivity contribution in [1.82, 2.24) is 9.97 Å². The van der Waals surface area contributed by atoms with Crippen LogP contribution in [0.5, 0.6) is 5.75 Å². The molecule has 4 nitrogen and oxygen atoms in total. The quantitative estimate of drug-likeness (QED) is 0.620. The number of hydrogen-bond donors (Lipinski definition) is 0. The first-order chi connectivity index (χ1) is 9.25. The largest absolute Gasteiger partial charge is 0.547 e. The lowest BCUT2D eigenvalue weighted by atomic mass is 10.2. The number of nitrogens with zero attached hydrogens (tertiary/aromatic N) is 3. The van der Waals surface area contributed by atoms with E-state index in [1.165, 1.54) is 6.33 Å². The summed E-state index contributed by atoms with van der Waals surface area (Å²) in [5.41, 5.74) is 1.92. The van der Waals surface area contributed by atoms with Crippen LogP contribution < -0.4 is 4.43 Å². The number of hydrogen-bond acceptors (Lipinski definition) is 4. The van der Waals surface area contributed by atoms with Crippen molar-refractivity contribution in [2.75, 3.05) is 0 Å². The van der Waals surface area contributed by atoms with Crippen LogP contribution in [-0.2, 0) is 6.54 Å². The van der Waals surface area contributed by atoms with E-state index in [9.17, 15) is 0 Å². The Morgan fingerprint density at radius 1 is 1.26 bits per heavy atom. The fourth-order valence-corrected chi connectivity index (χ4v) is 2.36. The first-order valence-electron chi connectivity index (χ1n) is 6.26. The summed E-state index contributed by atoms with van der Waals surface area (Å²) >= 11 is 0. The van der Waals surface area contributed by atoms with Crippen molar-refractivity contribution in [3.05, 3.63) is 54.1 Å². The zero-order valence-corrected chi connectivity index (χ0v) is 12.3. The van der Waals surface area contributed by atoms with Gasteiger partial charge in [-0.2, -0.15) is 0 Å². The van der Waals surface area contributed by atoms with Crippen LogP contribution in [0.1, 0.15) is 11.3 Å². The third-order valence-corrected chi connectivity index (χ3v) is 3.15. The van der Waals surface area contributed by atoms with Crippen molar-refractivity contribution in [3.8, 4) is 5.75 Å². The zero-order chi connectivity index (χ0) is 13.5. The fourth-order valence-electron chi connectivity index (χ4n) is 1.62. The summed E-state index contributed by atoms with van der Waals surface area (Å²) in [6.45, 7) is 4.91. The van der Waals surface area contributed by atoms with Gasteiger partial charge in [-0.1, -0.05) is 18.2 Å². The number of benzene rings is 1. The average molecular weight is 271 g/mol. The highest BCUT2D eigenvalue weighted by atomic mass is 28.3. The van der Waals surface area contributed by atoms with E-state index in [0.717, 1.165) is 17.0 Å². The lowest BCUT2D eigenvalue weighted by Gasteiger charge is -2.12. The van der Waals surface area contributed by atoms with Gasteiger partial charge in [-0.15, -0.1) is 0 Å². The van der Waals surface area contributed by atoms with Crippen molar-refractivity contribution in [2.24, 2.45) is 4.99 Å². The molecule has 0 spiro atoms. The Bertz CT molecular complexity index is 543. The van der Waals surface area contributed by atoms with E-state index in [0.29, 0.717) is 6.54 Å². The summed E-state index contributed by atoms with van der Waals surface area (Å²) < 4.78 is 5.89. The van der Waals surface area contributed by atoms with Crippen molar-refractivity contribution in [3.63, 3.8) is 0 Å². The summed E-state index contributed by atoms with van der Waals surface area (Å²) in [5, 5.41) is 0. The van der Waals surface area contributed by atoms with Gasteiger partial charge in [0.25, 0.3) is 0 Å². The molecule has 1 heterocycles. The van der Waals surface area contributed by atoms with Gasteiger partial charge >= 0.3 is 0 Å². The van der Waals surface area contributed by atoms with E-state index < -0.39 is 9.04 Å². The molecular weight excluding hydrogens is 254 g/mol. The maximum absolute atomic E-state index is 5.89. The van der Waals surface area contributed by atoms with Gasteiger partial charge in [0.1, 0.15) is 12.1 Å². The minimum atomic E-state index is -1.09. The molecule has 2 rings (SSSR count). The minimum Gasteiger partial charge on any atom is -0.547 e. The monoisotopic (exact) mass is 271 g/mol. The number of rotatable bonds is 5. The predicted octanol–water partition coefficient (Wildman–Crippen LogP) is 2.46. The van der Waals surface area contributed by atoms with Crippen LogP contribution in [0, 0.1) is 0 Å². The Hall–Kier alpha value is -2.01. The van der Waals surface area contributed by atoms with Crippen molar-refractivity contribution in [1.29, 1.82) is 0 Å². The Morgan fingerprint density at radius 3 is 2.84 bits per heavy atom. The van der Waals surface area contributed by atoms with Crippen LogP contribution >= 0.6 is 0 Å². The second kappa shape index (κ2) is 6.80. The van der Waals surface area contributed by atoms with Crippen LogP contribution in [0.2, 0.25) is 13.1 Å². The molecule has 0 unspecified atom stereocenters. The highest BCUT2D eigenvalue weighted by molar-refractivity contribution is 6.49. The molecule has 0 aliphatic rings. The average Bonchev–Trinajstić information content (AvgIpc) is 2.41. The van der Waals surface area contributed by atoms with E-state index in [1.807, 2.05) is 30.3 Å². The molecule has 0 N–H and O–H groups in total. The van der Waals surface area contributed by atoms with Crippen molar-refractivity contribution < 1.29 is 4.43 Å². The molecule has 0 aliphatic carbocycles. The molecule has 0 amide bonds. The Labute approximate surface area is 114 Å². The summed E-state index contributed by atoms with van der Waals surface area (Å²) in [6, 6.07) is 9.87. The molecule has 0 aliphatic heterocycles. The van der Waals surface area contributed by atoms with E-state index in [1.54, 1.807) is 12.4 Å². The molecule has 2 aromatic rings. The third kappa shape index (κ3) is 4.29. The smallest absolute Gasteiger partial charge is 0.229 e. The molecule has 5 heteroatoms. The summed E-state index contributed by atoms with van der Waals surface area (Å²) in [6.07, 6.45) is 4.98. The molecule has 0 saturated heterocycles. The second-order valence-electron chi connectivity index (χ2n) is 4.38. The van der Waals surface area contributed by atoms with Gasteiger partial charge in [0.05, 0.1) is 12.2 Å². The van der Waals surface area contributed by atoms with Crippen LogP contribution in [0.25, 0.3) is 0 Å². The van der Waals surface area contributed by atoms with Gasteiger partial charge < -0.3 is 4.43 Å². The number of para-hydroxylation sites is 1.